The summed E-state index contributed by atoms with van der Waals surface area (Å²) in [5.41, 5.74) is 1.08. The Kier molecular flexibility index (Phi) is 3.24. The zero-order chi connectivity index (χ0) is 13.8. The molecule has 1 N–H and O–H groups in total. The van der Waals surface area contributed by atoms with E-state index >= 15 is 0 Å². The lowest BCUT2D eigenvalue weighted by molar-refractivity contribution is 0.0431. The summed E-state index contributed by atoms with van der Waals surface area (Å²) in [5, 5.41) is 13.9. The lowest BCUT2D eigenvalue weighted by Gasteiger charge is -1.98. The van der Waals surface area contributed by atoms with Crippen LogP contribution in [0, 0.1) is 0 Å². The molecule has 0 saturated carbocycles. The van der Waals surface area contributed by atoms with Gasteiger partial charge in [0.15, 0.2) is 6.61 Å². The predicted octanol–water partition coefficient (Wildman–Crippen LogP) is 1.82. The van der Waals surface area contributed by atoms with Crippen molar-refractivity contribution in [2.45, 2.75) is 6.61 Å². The van der Waals surface area contributed by atoms with Gasteiger partial charge in [0.25, 0.3) is 5.89 Å². The van der Waals surface area contributed by atoms with Crippen LogP contribution in [0.2, 0.25) is 0 Å². The molecule has 0 fully saturated rings. The van der Waals surface area contributed by atoms with E-state index in [1.165, 1.54) is 12.3 Å². The van der Waals surface area contributed by atoms with Crippen LogP contribution in [0.3, 0.4) is 0 Å². The molecule has 20 heavy (non-hydrogen) atoms. The fourth-order valence-corrected chi connectivity index (χ4v) is 1.58. The Morgan fingerprint density at radius 1 is 1.20 bits per heavy atom. The van der Waals surface area contributed by atoms with E-state index in [4.69, 9.17) is 9.15 Å². The van der Waals surface area contributed by atoms with Gasteiger partial charge < -0.3 is 9.15 Å². The van der Waals surface area contributed by atoms with Gasteiger partial charge in [0.05, 0.1) is 0 Å². The maximum atomic E-state index is 11.6. The third kappa shape index (κ3) is 2.56. The van der Waals surface area contributed by atoms with Gasteiger partial charge >= 0.3 is 5.97 Å². The van der Waals surface area contributed by atoms with E-state index in [1.54, 1.807) is 0 Å². The molecule has 0 spiro atoms. The molecule has 0 aliphatic heterocycles. The zero-order valence-electron chi connectivity index (χ0n) is 10.3. The Bertz CT molecular complexity index is 692. The van der Waals surface area contributed by atoms with Gasteiger partial charge in [0.1, 0.15) is 5.69 Å². The molecule has 100 valence electrons. The molecule has 7 nitrogen and oxygen atoms in total. The summed E-state index contributed by atoms with van der Waals surface area (Å²) in [4.78, 5) is 11.6. The van der Waals surface area contributed by atoms with Crippen molar-refractivity contribution in [3.05, 3.63) is 54.2 Å². The Morgan fingerprint density at radius 2 is 2.05 bits per heavy atom. The summed E-state index contributed by atoms with van der Waals surface area (Å²) in [5.74, 6) is 0.0943. The van der Waals surface area contributed by atoms with Gasteiger partial charge in [-0.05, 0) is 18.2 Å². The molecule has 3 rings (SSSR count). The van der Waals surface area contributed by atoms with Gasteiger partial charge in [0.2, 0.25) is 5.89 Å². The number of hydrogen-bond donors (Lipinski definition) is 1. The number of esters is 1. The van der Waals surface area contributed by atoms with Gasteiger partial charge in [0, 0.05) is 11.8 Å². The Hall–Kier alpha value is -2.96. The van der Waals surface area contributed by atoms with Crippen molar-refractivity contribution in [1.29, 1.82) is 0 Å². The van der Waals surface area contributed by atoms with Crippen LogP contribution in [0.1, 0.15) is 16.4 Å². The summed E-state index contributed by atoms with van der Waals surface area (Å²) < 4.78 is 10.4. The highest BCUT2D eigenvalue weighted by Crippen LogP contribution is 2.17. The molecule has 0 aliphatic carbocycles. The van der Waals surface area contributed by atoms with Crippen molar-refractivity contribution in [1.82, 2.24) is 20.4 Å². The molecule has 3 aromatic rings. The second kappa shape index (κ2) is 5.35. The molecule has 2 heterocycles. The van der Waals surface area contributed by atoms with E-state index in [2.05, 4.69) is 20.4 Å². The van der Waals surface area contributed by atoms with E-state index in [0.29, 0.717) is 5.89 Å². The number of carbonyl (C=O) groups is 1. The molecule has 7 heteroatoms. The Morgan fingerprint density at radius 3 is 2.80 bits per heavy atom. The summed E-state index contributed by atoms with van der Waals surface area (Å²) in [6.45, 7) is -0.0856. The van der Waals surface area contributed by atoms with Gasteiger partial charge in [-0.1, -0.05) is 18.2 Å². The highest BCUT2D eigenvalue weighted by atomic mass is 16.5. The second-order valence-electron chi connectivity index (χ2n) is 3.91. The number of aromatic nitrogens is 4. The van der Waals surface area contributed by atoms with Crippen LogP contribution in [-0.2, 0) is 11.3 Å². The van der Waals surface area contributed by atoms with E-state index in [0.717, 1.165) is 5.56 Å². The Balaban J connectivity index is 1.65. The second-order valence-corrected chi connectivity index (χ2v) is 3.91. The molecule has 0 bridgehead atoms. The smallest absolute Gasteiger partial charge is 0.356 e. The molecule has 0 saturated heterocycles. The van der Waals surface area contributed by atoms with Crippen LogP contribution in [0.15, 0.2) is 47.0 Å². The number of benzene rings is 1. The lowest BCUT2D eigenvalue weighted by atomic mass is 10.2. The maximum absolute atomic E-state index is 11.6. The topological polar surface area (TPSA) is 93.9 Å². The average molecular weight is 270 g/mol. The largest absolute Gasteiger partial charge is 0.451 e. The van der Waals surface area contributed by atoms with Crippen LogP contribution in [0.5, 0.6) is 0 Å². The predicted molar refractivity (Wildman–Crippen MR) is 67.4 cm³/mol. The van der Waals surface area contributed by atoms with Crippen molar-refractivity contribution in [3.8, 4) is 11.5 Å². The number of H-pyrrole nitrogens is 1. The van der Waals surface area contributed by atoms with Crippen molar-refractivity contribution in [3.63, 3.8) is 0 Å². The average Bonchev–Trinajstić information content (AvgIpc) is 3.17. The minimum absolute atomic E-state index is 0.0856. The SMILES string of the molecule is O=C(OCc1nnc(-c2ccccc2)o1)c1ccn[nH]1. The van der Waals surface area contributed by atoms with Crippen molar-refractivity contribution in [2.24, 2.45) is 0 Å². The molecule has 2 aromatic heterocycles. The highest BCUT2D eigenvalue weighted by molar-refractivity contribution is 5.86. The third-order valence-corrected chi connectivity index (χ3v) is 2.53. The molecule has 0 amide bonds. The summed E-state index contributed by atoms with van der Waals surface area (Å²) in [7, 11) is 0. The first-order chi connectivity index (χ1) is 9.83. The molecule has 0 aliphatic rings. The van der Waals surface area contributed by atoms with Crippen LogP contribution < -0.4 is 0 Å². The molecule has 0 radical (unpaired) electrons. The number of nitrogens with one attached hydrogen (secondary N) is 1. The molecular formula is C13H10N4O3. The summed E-state index contributed by atoms with van der Waals surface area (Å²) >= 11 is 0. The Labute approximate surface area is 113 Å². The molecule has 0 atom stereocenters. The van der Waals surface area contributed by atoms with Gasteiger partial charge in [-0.15, -0.1) is 10.2 Å². The van der Waals surface area contributed by atoms with Gasteiger partial charge in [-0.2, -0.15) is 5.10 Å². The highest BCUT2D eigenvalue weighted by Gasteiger charge is 2.12. The van der Waals surface area contributed by atoms with Crippen molar-refractivity contribution < 1.29 is 13.9 Å². The monoisotopic (exact) mass is 270 g/mol. The summed E-state index contributed by atoms with van der Waals surface area (Å²) in [6, 6.07) is 10.9. The first-order valence-electron chi connectivity index (χ1n) is 5.87. The van der Waals surface area contributed by atoms with Gasteiger partial charge in [-0.3, -0.25) is 5.10 Å². The van der Waals surface area contributed by atoms with Crippen molar-refractivity contribution >= 4 is 5.97 Å². The van der Waals surface area contributed by atoms with Gasteiger partial charge in [-0.25, -0.2) is 4.79 Å². The van der Waals surface area contributed by atoms with Crippen LogP contribution in [0.4, 0.5) is 0 Å². The van der Waals surface area contributed by atoms with Crippen LogP contribution >= 0.6 is 0 Å². The number of carbonyl (C=O) groups excluding carboxylic acids is 1. The first kappa shape index (κ1) is 12.1. The zero-order valence-corrected chi connectivity index (χ0v) is 10.3. The lowest BCUT2D eigenvalue weighted by Crippen LogP contribution is -2.05. The third-order valence-electron chi connectivity index (χ3n) is 2.53. The van der Waals surface area contributed by atoms with E-state index in [1.807, 2.05) is 30.3 Å². The number of ether oxygens (including phenoxy) is 1. The number of nitrogens with zero attached hydrogens (tertiary/aromatic N) is 3. The maximum Gasteiger partial charge on any atom is 0.356 e. The summed E-state index contributed by atoms with van der Waals surface area (Å²) in [6.07, 6.45) is 1.47. The molecule has 0 unspecified atom stereocenters. The first-order valence-corrected chi connectivity index (χ1v) is 5.87. The quantitative estimate of drug-likeness (QED) is 0.727. The number of rotatable bonds is 4. The normalized spacial score (nSPS) is 10.4. The standard InChI is InChI=1S/C13H10N4O3/c18-13(10-6-7-14-15-10)19-8-11-16-17-12(20-11)9-4-2-1-3-5-9/h1-7H,8H2,(H,14,15). The molecule has 1 aromatic carbocycles. The van der Waals surface area contributed by atoms with E-state index < -0.39 is 5.97 Å². The fraction of sp³-hybridized carbons (Fsp3) is 0.0769. The minimum atomic E-state index is -0.526. The van der Waals surface area contributed by atoms with Crippen LogP contribution in [-0.4, -0.2) is 26.4 Å². The fourth-order valence-electron chi connectivity index (χ4n) is 1.58. The van der Waals surface area contributed by atoms with Crippen molar-refractivity contribution in [2.75, 3.05) is 0 Å². The van der Waals surface area contributed by atoms with E-state index in [9.17, 15) is 4.79 Å². The number of aromatic amines is 1. The molecular weight excluding hydrogens is 260 g/mol. The number of hydrogen-bond acceptors (Lipinski definition) is 6. The van der Waals surface area contributed by atoms with E-state index in [-0.39, 0.29) is 18.2 Å². The minimum Gasteiger partial charge on any atom is -0.451 e. The van der Waals surface area contributed by atoms with Crippen LogP contribution in [0.25, 0.3) is 11.5 Å².